The number of aliphatic hydroxyl groups excluding tert-OH is 1. The smallest absolute Gasteiger partial charge is 0.130 e. The molecule has 174 valence electrons. The van der Waals surface area contributed by atoms with E-state index < -0.39 is 5.60 Å². The average Bonchev–Trinajstić information content (AvgIpc) is 3.09. The van der Waals surface area contributed by atoms with Crippen molar-refractivity contribution in [3.63, 3.8) is 0 Å². The summed E-state index contributed by atoms with van der Waals surface area (Å²) in [5, 5.41) is 10.4. The van der Waals surface area contributed by atoms with Crippen molar-refractivity contribution < 1.29 is 14.9 Å². The van der Waals surface area contributed by atoms with Gasteiger partial charge < -0.3 is 5.11 Å². The lowest BCUT2D eigenvalue weighted by molar-refractivity contribution is -0.497. The molecule has 0 aromatic rings. The molecule has 0 aromatic carbocycles. The highest BCUT2D eigenvalue weighted by molar-refractivity contribution is 5.33. The van der Waals surface area contributed by atoms with Crippen molar-refractivity contribution in [3.8, 4) is 0 Å². The molecule has 3 nitrogen and oxygen atoms in total. The van der Waals surface area contributed by atoms with Crippen LogP contribution in [-0.2, 0) is 9.78 Å². The zero-order chi connectivity index (χ0) is 22.2. The number of hydrogen-bond donors (Lipinski definition) is 1. The Balaban J connectivity index is 1.45. The number of allylic oxidation sites excluding steroid dienone is 2. The van der Waals surface area contributed by atoms with Crippen LogP contribution in [0.5, 0.6) is 0 Å². The van der Waals surface area contributed by atoms with Crippen molar-refractivity contribution in [2.24, 2.45) is 46.3 Å². The molecule has 0 amide bonds. The van der Waals surface area contributed by atoms with Crippen LogP contribution in [0.15, 0.2) is 24.3 Å². The Morgan fingerprint density at radius 2 is 1.68 bits per heavy atom. The van der Waals surface area contributed by atoms with E-state index in [9.17, 15) is 5.11 Å². The van der Waals surface area contributed by atoms with Crippen molar-refractivity contribution in [2.75, 3.05) is 0 Å². The Kier molecular flexibility index (Phi) is 5.13. The summed E-state index contributed by atoms with van der Waals surface area (Å²) in [4.78, 5) is 12.8. The van der Waals surface area contributed by atoms with Gasteiger partial charge in [-0.05, 0) is 73.7 Å². The summed E-state index contributed by atoms with van der Waals surface area (Å²) in [6.45, 7) is 14.4. The van der Waals surface area contributed by atoms with Crippen LogP contribution in [-0.4, -0.2) is 22.4 Å². The zero-order valence-electron chi connectivity index (χ0n) is 20.6. The molecule has 2 bridgehead atoms. The van der Waals surface area contributed by atoms with Crippen LogP contribution in [0.25, 0.3) is 0 Å². The molecule has 3 heteroatoms. The standard InChI is InChI=1S/C28H44O3/c1-18(2)19(3)7-8-20(4)22-9-10-23-25(22,5)13-12-24-26(6)14-11-21(29)17-27(26)15-16-28(23,24)31-30-27/h7-8,15-16,18-24,29H,9-14,17H2,1-6H3/b8-7+/t19-,20+,21-,22-,23+,24+,25+,26+,27+,28-/m0/s1. The Morgan fingerprint density at radius 3 is 2.35 bits per heavy atom. The van der Waals surface area contributed by atoms with Gasteiger partial charge in [0.15, 0.2) is 0 Å². The molecule has 1 N–H and O–H groups in total. The fourth-order valence-electron chi connectivity index (χ4n) is 8.71. The van der Waals surface area contributed by atoms with E-state index >= 15 is 0 Å². The van der Waals surface area contributed by atoms with E-state index in [1.54, 1.807) is 0 Å². The largest absolute Gasteiger partial charge is 0.393 e. The van der Waals surface area contributed by atoms with E-state index in [2.05, 4.69) is 65.8 Å². The van der Waals surface area contributed by atoms with Gasteiger partial charge in [-0.15, -0.1) is 0 Å². The van der Waals surface area contributed by atoms with Gasteiger partial charge in [-0.25, -0.2) is 9.78 Å². The van der Waals surface area contributed by atoms with Gasteiger partial charge in [-0.2, -0.15) is 0 Å². The molecule has 3 saturated carbocycles. The molecular weight excluding hydrogens is 384 g/mol. The fraction of sp³-hybridized carbons (Fsp3) is 0.857. The van der Waals surface area contributed by atoms with Crippen LogP contribution in [0, 0.1) is 46.3 Å². The molecule has 31 heavy (non-hydrogen) atoms. The summed E-state index contributed by atoms with van der Waals surface area (Å²) in [6.07, 6.45) is 17.0. The quantitative estimate of drug-likeness (QED) is 0.412. The molecule has 2 heterocycles. The summed E-state index contributed by atoms with van der Waals surface area (Å²) < 4.78 is 0. The van der Waals surface area contributed by atoms with Crippen LogP contribution < -0.4 is 0 Å². The van der Waals surface area contributed by atoms with Crippen LogP contribution in [0.3, 0.4) is 0 Å². The van der Waals surface area contributed by atoms with E-state index in [1.807, 2.05) is 0 Å². The van der Waals surface area contributed by atoms with Gasteiger partial charge in [0.1, 0.15) is 11.2 Å². The van der Waals surface area contributed by atoms with Gasteiger partial charge >= 0.3 is 0 Å². The number of rotatable bonds is 4. The molecule has 2 aliphatic heterocycles. The Bertz CT molecular complexity index is 772. The van der Waals surface area contributed by atoms with Crippen LogP contribution in [0.2, 0.25) is 0 Å². The molecule has 0 radical (unpaired) electrons. The second kappa shape index (κ2) is 7.18. The fourth-order valence-corrected chi connectivity index (χ4v) is 8.71. The van der Waals surface area contributed by atoms with E-state index in [1.165, 1.54) is 25.7 Å². The molecule has 0 aromatic heterocycles. The summed E-state index contributed by atoms with van der Waals surface area (Å²) in [6, 6.07) is 0. The maximum atomic E-state index is 10.4. The third kappa shape index (κ3) is 2.88. The first kappa shape index (κ1) is 22.2. The molecule has 2 spiro atoms. The van der Waals surface area contributed by atoms with Crippen molar-refractivity contribution in [1.82, 2.24) is 0 Å². The van der Waals surface area contributed by atoms with Crippen LogP contribution in [0.4, 0.5) is 0 Å². The molecule has 0 unspecified atom stereocenters. The monoisotopic (exact) mass is 428 g/mol. The Morgan fingerprint density at radius 1 is 0.903 bits per heavy atom. The topological polar surface area (TPSA) is 38.7 Å². The highest BCUT2D eigenvalue weighted by atomic mass is 17.2. The maximum Gasteiger partial charge on any atom is 0.130 e. The Labute approximate surface area is 189 Å². The second-order valence-electron chi connectivity index (χ2n) is 12.7. The maximum absolute atomic E-state index is 10.4. The second-order valence-corrected chi connectivity index (χ2v) is 12.7. The first-order valence-corrected chi connectivity index (χ1v) is 13.0. The number of fused-ring (bicyclic) bond motifs is 2. The minimum atomic E-state index is -0.439. The molecule has 6 aliphatic rings. The number of hydrogen-bond acceptors (Lipinski definition) is 3. The molecule has 1 saturated heterocycles. The predicted molar refractivity (Wildman–Crippen MR) is 124 cm³/mol. The van der Waals surface area contributed by atoms with E-state index in [-0.39, 0.29) is 22.5 Å². The highest BCUT2D eigenvalue weighted by Crippen LogP contribution is 2.72. The van der Waals surface area contributed by atoms with Crippen molar-refractivity contribution >= 4 is 0 Å². The van der Waals surface area contributed by atoms with Gasteiger partial charge in [0, 0.05) is 23.7 Å². The van der Waals surface area contributed by atoms with Crippen LogP contribution in [0.1, 0.15) is 86.5 Å². The van der Waals surface area contributed by atoms with Crippen molar-refractivity contribution in [1.29, 1.82) is 0 Å². The third-order valence-corrected chi connectivity index (χ3v) is 11.1. The minimum Gasteiger partial charge on any atom is -0.393 e. The van der Waals surface area contributed by atoms with Gasteiger partial charge in [-0.1, -0.05) is 59.8 Å². The third-order valence-electron chi connectivity index (χ3n) is 11.1. The van der Waals surface area contributed by atoms with Gasteiger partial charge in [-0.3, -0.25) is 0 Å². The van der Waals surface area contributed by atoms with Gasteiger partial charge in [0.05, 0.1) is 6.10 Å². The summed E-state index contributed by atoms with van der Waals surface area (Å²) in [5.74, 6) is 3.64. The first-order chi connectivity index (χ1) is 14.6. The molecule has 6 rings (SSSR count). The zero-order valence-corrected chi connectivity index (χ0v) is 20.6. The van der Waals surface area contributed by atoms with Gasteiger partial charge in [0.2, 0.25) is 0 Å². The van der Waals surface area contributed by atoms with E-state index in [0.717, 1.165) is 12.8 Å². The predicted octanol–water partition coefficient (Wildman–Crippen LogP) is 6.47. The molecule has 4 aliphatic carbocycles. The van der Waals surface area contributed by atoms with Crippen LogP contribution >= 0.6 is 0 Å². The molecular formula is C28H44O3. The molecule has 4 fully saturated rings. The van der Waals surface area contributed by atoms with Crippen molar-refractivity contribution in [2.45, 2.75) is 104 Å². The summed E-state index contributed by atoms with van der Waals surface area (Å²) in [5.41, 5.74) is -0.366. The highest BCUT2D eigenvalue weighted by Gasteiger charge is 2.74. The first-order valence-electron chi connectivity index (χ1n) is 13.0. The average molecular weight is 429 g/mol. The lowest BCUT2D eigenvalue weighted by Crippen LogP contribution is -2.73. The lowest BCUT2D eigenvalue weighted by atomic mass is 9.43. The van der Waals surface area contributed by atoms with E-state index in [4.69, 9.17) is 9.78 Å². The minimum absolute atomic E-state index is 0.0663. The summed E-state index contributed by atoms with van der Waals surface area (Å²) >= 11 is 0. The summed E-state index contributed by atoms with van der Waals surface area (Å²) in [7, 11) is 0. The van der Waals surface area contributed by atoms with Crippen molar-refractivity contribution in [3.05, 3.63) is 24.3 Å². The normalized spacial score (nSPS) is 52.8. The van der Waals surface area contributed by atoms with Gasteiger partial charge in [0.25, 0.3) is 0 Å². The SMILES string of the molecule is CC(C)[C@@H](C)/C=C/[C@@H](C)[C@@H]1CC[C@@H]2[C@]1(C)CC[C@H]1[C@]23C=C[C@]2(C[C@@H](O)CC[C@]12C)OO3. The Hall–Kier alpha value is -0.640. The van der Waals surface area contributed by atoms with E-state index in [0.29, 0.717) is 41.9 Å². The molecule has 10 atom stereocenters. The lowest BCUT2D eigenvalue weighted by Gasteiger charge is -2.69. The number of aliphatic hydroxyl groups is 1.